The molecule has 2 N–H and O–H groups in total. The highest BCUT2D eigenvalue weighted by atomic mass is 16.4. The number of hydrogen-bond acceptors (Lipinski definition) is 2. The lowest BCUT2D eigenvalue weighted by Gasteiger charge is -2.11. The van der Waals surface area contributed by atoms with Crippen molar-refractivity contribution in [3.8, 4) is 0 Å². The molecule has 0 bridgehead atoms. The minimum atomic E-state index is -0.981. The first kappa shape index (κ1) is 18.3. The van der Waals surface area contributed by atoms with Crippen molar-refractivity contribution in [3.63, 3.8) is 0 Å². The Morgan fingerprint density at radius 1 is 1.06 bits per heavy atom. The van der Waals surface area contributed by atoms with Gasteiger partial charge in [-0.25, -0.2) is 9.59 Å². The van der Waals surface area contributed by atoms with Crippen LogP contribution in [0.25, 0.3) is 0 Å². The van der Waals surface area contributed by atoms with Crippen molar-refractivity contribution >= 4 is 11.9 Å². The van der Waals surface area contributed by atoms with Gasteiger partial charge in [-0.05, 0) is 25.2 Å². The summed E-state index contributed by atoms with van der Waals surface area (Å²) in [7, 11) is 0. The topological polar surface area (TPSA) is 74.6 Å². The average molecular weight is 252 g/mol. The molecule has 100 valence electrons. The lowest BCUT2D eigenvalue weighted by Crippen LogP contribution is -1.96. The van der Waals surface area contributed by atoms with Crippen LogP contribution in [0.1, 0.15) is 19.3 Å². The minimum absolute atomic E-state index is 0.764. The molecule has 1 rings (SSSR count). The smallest absolute Gasteiger partial charge is 0.327 e. The Bertz CT molecular complexity index is 298. The van der Waals surface area contributed by atoms with Crippen molar-refractivity contribution in [3.05, 3.63) is 50.1 Å². The number of aliphatic carboxylic acids is 2. The van der Waals surface area contributed by atoms with Crippen LogP contribution in [0.2, 0.25) is 0 Å². The zero-order chi connectivity index (χ0) is 14.4. The fourth-order valence-corrected chi connectivity index (χ4v) is 1.03. The molecule has 0 amide bonds. The third-order valence-electron chi connectivity index (χ3n) is 1.99. The molecule has 0 saturated heterocycles. The van der Waals surface area contributed by atoms with Crippen molar-refractivity contribution in [2.45, 2.75) is 19.3 Å². The van der Waals surface area contributed by atoms with E-state index in [1.807, 2.05) is 0 Å². The zero-order valence-corrected chi connectivity index (χ0v) is 10.4. The molecule has 0 radical (unpaired) electrons. The van der Waals surface area contributed by atoms with E-state index in [4.69, 9.17) is 10.2 Å². The highest BCUT2D eigenvalue weighted by Crippen LogP contribution is 2.17. The summed E-state index contributed by atoms with van der Waals surface area (Å²) in [4.78, 5) is 18.5. The van der Waals surface area contributed by atoms with Gasteiger partial charge in [0, 0.05) is 12.2 Å². The van der Waals surface area contributed by atoms with Crippen LogP contribution in [0.4, 0.5) is 0 Å². The fraction of sp³-hybridized carbons (Fsp3) is 0.286. The molecule has 1 unspecified atom stereocenters. The molecule has 0 saturated carbocycles. The summed E-state index contributed by atoms with van der Waals surface area (Å²) >= 11 is 0. The monoisotopic (exact) mass is 252 g/mol. The molecule has 18 heavy (non-hydrogen) atoms. The molecule has 0 aromatic carbocycles. The summed E-state index contributed by atoms with van der Waals surface area (Å²) in [6, 6.07) is 0. The highest BCUT2D eigenvalue weighted by molar-refractivity contribution is 5.79. The fourth-order valence-electron chi connectivity index (χ4n) is 1.03. The third kappa shape index (κ3) is 16.3. The summed E-state index contributed by atoms with van der Waals surface area (Å²) < 4.78 is 0. The standard InChI is InChI=1S/C8H12.2C3H4O2/c1-2-8-6-4-3-5-7-8;2*1-2-3(4)5/h2-4,8H,1,5-7H2;2*2H,1H2,(H,4,5). The van der Waals surface area contributed by atoms with Crippen LogP contribution in [0.15, 0.2) is 50.1 Å². The van der Waals surface area contributed by atoms with E-state index in [0.29, 0.717) is 0 Å². The van der Waals surface area contributed by atoms with Crippen LogP contribution in [0.3, 0.4) is 0 Å². The highest BCUT2D eigenvalue weighted by Gasteiger charge is 2.02. The number of rotatable bonds is 3. The van der Waals surface area contributed by atoms with E-state index in [2.05, 4.69) is 38.0 Å². The number of carboxylic acids is 2. The number of allylic oxidation sites excluding steroid dienone is 3. The molecule has 1 aliphatic rings. The van der Waals surface area contributed by atoms with Crippen LogP contribution >= 0.6 is 0 Å². The average Bonchev–Trinajstić information content (AvgIpc) is 2.41. The van der Waals surface area contributed by atoms with Crippen LogP contribution in [0.5, 0.6) is 0 Å². The van der Waals surface area contributed by atoms with E-state index < -0.39 is 11.9 Å². The van der Waals surface area contributed by atoms with Gasteiger partial charge in [0.05, 0.1) is 0 Å². The molecule has 0 fully saturated rings. The van der Waals surface area contributed by atoms with Crippen LogP contribution in [0, 0.1) is 5.92 Å². The Morgan fingerprint density at radius 2 is 1.50 bits per heavy atom. The zero-order valence-electron chi connectivity index (χ0n) is 10.4. The van der Waals surface area contributed by atoms with Gasteiger partial charge < -0.3 is 10.2 Å². The third-order valence-corrected chi connectivity index (χ3v) is 1.99. The van der Waals surface area contributed by atoms with Gasteiger partial charge in [-0.15, -0.1) is 6.58 Å². The molecule has 4 heteroatoms. The van der Waals surface area contributed by atoms with Gasteiger partial charge in [0.2, 0.25) is 0 Å². The number of carboxylic acid groups (broad SMARTS) is 2. The Labute approximate surface area is 108 Å². The largest absolute Gasteiger partial charge is 0.478 e. The molecule has 0 spiro atoms. The Hall–Kier alpha value is -2.10. The second-order valence-electron chi connectivity index (χ2n) is 3.36. The Kier molecular flexibility index (Phi) is 13.2. The van der Waals surface area contributed by atoms with Crippen LogP contribution < -0.4 is 0 Å². The van der Waals surface area contributed by atoms with E-state index >= 15 is 0 Å². The molecule has 4 nitrogen and oxygen atoms in total. The molecular weight excluding hydrogens is 232 g/mol. The van der Waals surface area contributed by atoms with Crippen LogP contribution in [-0.4, -0.2) is 22.2 Å². The van der Waals surface area contributed by atoms with Crippen molar-refractivity contribution in [1.82, 2.24) is 0 Å². The normalized spacial score (nSPS) is 15.9. The molecule has 1 aliphatic carbocycles. The second kappa shape index (κ2) is 13.0. The van der Waals surface area contributed by atoms with Gasteiger partial charge in [0.15, 0.2) is 0 Å². The Morgan fingerprint density at radius 3 is 1.67 bits per heavy atom. The van der Waals surface area contributed by atoms with Crippen LogP contribution in [-0.2, 0) is 9.59 Å². The predicted molar refractivity (Wildman–Crippen MR) is 72.3 cm³/mol. The summed E-state index contributed by atoms with van der Waals surface area (Å²) in [5.41, 5.74) is 0. The molecule has 0 heterocycles. The van der Waals surface area contributed by atoms with E-state index in [1.54, 1.807) is 0 Å². The maximum Gasteiger partial charge on any atom is 0.327 e. The predicted octanol–water partition coefficient (Wildman–Crippen LogP) is 3.04. The first-order valence-electron chi connectivity index (χ1n) is 5.46. The van der Waals surface area contributed by atoms with Crippen molar-refractivity contribution in [1.29, 1.82) is 0 Å². The number of hydrogen-bond donors (Lipinski definition) is 2. The summed E-state index contributed by atoms with van der Waals surface area (Å²) in [5.74, 6) is -1.20. The maximum absolute atomic E-state index is 9.25. The number of carbonyl (C=O) groups is 2. The Balaban J connectivity index is 0. The van der Waals surface area contributed by atoms with Gasteiger partial charge >= 0.3 is 11.9 Å². The first-order valence-corrected chi connectivity index (χ1v) is 5.46. The van der Waals surface area contributed by atoms with E-state index in [-0.39, 0.29) is 0 Å². The van der Waals surface area contributed by atoms with Crippen molar-refractivity contribution in [2.75, 3.05) is 0 Å². The molecule has 0 aliphatic heterocycles. The molecule has 1 atom stereocenters. The quantitative estimate of drug-likeness (QED) is 0.598. The van der Waals surface area contributed by atoms with E-state index in [1.165, 1.54) is 19.3 Å². The SMILES string of the molecule is C=CC(=O)O.C=CC(=O)O.C=CC1CC=CCC1. The molecular formula is C14H20O4. The maximum atomic E-state index is 9.25. The summed E-state index contributed by atoms with van der Waals surface area (Å²) in [6.45, 7) is 9.67. The molecule has 0 aromatic rings. The van der Waals surface area contributed by atoms with E-state index in [9.17, 15) is 9.59 Å². The second-order valence-corrected chi connectivity index (χ2v) is 3.36. The first-order chi connectivity index (χ1) is 8.47. The lowest BCUT2D eigenvalue weighted by molar-refractivity contribution is -0.132. The summed E-state index contributed by atoms with van der Waals surface area (Å²) in [5, 5.41) is 15.2. The summed E-state index contributed by atoms with van der Waals surface area (Å²) in [6.07, 6.45) is 12.0. The minimum Gasteiger partial charge on any atom is -0.478 e. The molecule has 0 aromatic heterocycles. The van der Waals surface area contributed by atoms with E-state index in [0.717, 1.165) is 18.1 Å². The van der Waals surface area contributed by atoms with Gasteiger partial charge in [0.25, 0.3) is 0 Å². The van der Waals surface area contributed by atoms with Crippen molar-refractivity contribution in [2.24, 2.45) is 5.92 Å². The van der Waals surface area contributed by atoms with Crippen molar-refractivity contribution < 1.29 is 19.8 Å². The van der Waals surface area contributed by atoms with Gasteiger partial charge in [-0.2, -0.15) is 0 Å². The van der Waals surface area contributed by atoms with Gasteiger partial charge in [0.1, 0.15) is 0 Å². The van der Waals surface area contributed by atoms with Gasteiger partial charge in [-0.1, -0.05) is 31.4 Å². The van der Waals surface area contributed by atoms with Gasteiger partial charge in [-0.3, -0.25) is 0 Å². The lowest BCUT2D eigenvalue weighted by atomic mass is 9.95.